The number of carboxylic acids is 1. The molecule has 0 amide bonds. The van der Waals surface area contributed by atoms with Gasteiger partial charge in [-0.05, 0) is 41.8 Å². The van der Waals surface area contributed by atoms with Gasteiger partial charge in [0.15, 0.2) is 0 Å². The van der Waals surface area contributed by atoms with Gasteiger partial charge in [-0.2, -0.15) is 0 Å². The van der Waals surface area contributed by atoms with Crippen molar-refractivity contribution in [3.8, 4) is 0 Å². The van der Waals surface area contributed by atoms with Gasteiger partial charge >= 0.3 is 5.97 Å². The number of hydrogen-bond acceptors (Lipinski definition) is 4. The van der Waals surface area contributed by atoms with E-state index in [4.69, 9.17) is 9.84 Å². The van der Waals surface area contributed by atoms with Crippen molar-refractivity contribution in [2.24, 2.45) is 0 Å². The highest BCUT2D eigenvalue weighted by atomic mass is 16.5. The number of aromatic carboxylic acids is 1. The van der Waals surface area contributed by atoms with Crippen LogP contribution in [0.15, 0.2) is 48.5 Å². The smallest absolute Gasteiger partial charge is 0.335 e. The van der Waals surface area contributed by atoms with Crippen LogP contribution < -0.4 is 5.32 Å². The van der Waals surface area contributed by atoms with Crippen LogP contribution in [0.3, 0.4) is 0 Å². The number of rotatable bonds is 7. The van der Waals surface area contributed by atoms with Crippen molar-refractivity contribution in [1.82, 2.24) is 4.90 Å². The van der Waals surface area contributed by atoms with E-state index in [0.29, 0.717) is 12.1 Å². The summed E-state index contributed by atoms with van der Waals surface area (Å²) in [7, 11) is 0. The Morgan fingerprint density at radius 1 is 1.08 bits per heavy atom. The van der Waals surface area contributed by atoms with E-state index in [0.717, 1.165) is 50.5 Å². The van der Waals surface area contributed by atoms with Gasteiger partial charge < -0.3 is 15.2 Å². The SMILES string of the molecule is O=C(O)c1cccc(CNc2ccc(CCN3CCOCC3)cc2)c1. The fourth-order valence-corrected chi connectivity index (χ4v) is 2.92. The van der Waals surface area contributed by atoms with E-state index in [1.807, 2.05) is 6.07 Å². The van der Waals surface area contributed by atoms with Crippen molar-refractivity contribution in [3.05, 3.63) is 65.2 Å². The predicted octanol–water partition coefficient (Wildman–Crippen LogP) is 2.87. The van der Waals surface area contributed by atoms with Crippen LogP contribution in [0.4, 0.5) is 5.69 Å². The van der Waals surface area contributed by atoms with Crippen molar-refractivity contribution in [2.75, 3.05) is 38.2 Å². The van der Waals surface area contributed by atoms with Gasteiger partial charge in [0.25, 0.3) is 0 Å². The average Bonchev–Trinajstić information content (AvgIpc) is 2.66. The third kappa shape index (κ3) is 5.31. The lowest BCUT2D eigenvalue weighted by Crippen LogP contribution is -2.37. The molecule has 3 rings (SSSR count). The van der Waals surface area contributed by atoms with Gasteiger partial charge in [-0.15, -0.1) is 0 Å². The number of nitrogens with zero attached hydrogens (tertiary/aromatic N) is 1. The molecule has 0 saturated carbocycles. The first-order valence-electron chi connectivity index (χ1n) is 8.66. The molecule has 5 heteroatoms. The summed E-state index contributed by atoms with van der Waals surface area (Å²) in [6.45, 7) is 5.40. The van der Waals surface area contributed by atoms with Gasteiger partial charge in [0.05, 0.1) is 18.8 Å². The van der Waals surface area contributed by atoms with Gasteiger partial charge in [0, 0.05) is 31.9 Å². The summed E-state index contributed by atoms with van der Waals surface area (Å²) >= 11 is 0. The van der Waals surface area contributed by atoms with E-state index < -0.39 is 5.97 Å². The first-order valence-corrected chi connectivity index (χ1v) is 8.66. The summed E-state index contributed by atoms with van der Waals surface area (Å²) in [5.74, 6) is -0.897. The number of nitrogens with one attached hydrogen (secondary N) is 1. The lowest BCUT2D eigenvalue weighted by molar-refractivity contribution is 0.0384. The Kier molecular flexibility index (Phi) is 6.04. The molecule has 0 aliphatic carbocycles. The molecule has 0 aromatic heterocycles. The molecule has 0 unspecified atom stereocenters. The van der Waals surface area contributed by atoms with Crippen LogP contribution in [0.5, 0.6) is 0 Å². The van der Waals surface area contributed by atoms with Crippen LogP contribution in [-0.2, 0) is 17.7 Å². The summed E-state index contributed by atoms with van der Waals surface area (Å²) in [6.07, 6.45) is 1.04. The minimum absolute atomic E-state index is 0.317. The highest BCUT2D eigenvalue weighted by Gasteiger charge is 2.09. The van der Waals surface area contributed by atoms with Crippen molar-refractivity contribution in [2.45, 2.75) is 13.0 Å². The van der Waals surface area contributed by atoms with Gasteiger partial charge in [0.2, 0.25) is 0 Å². The highest BCUT2D eigenvalue weighted by Crippen LogP contribution is 2.13. The molecule has 2 aromatic rings. The summed E-state index contributed by atoms with van der Waals surface area (Å²) in [5, 5.41) is 12.4. The van der Waals surface area contributed by atoms with E-state index in [2.05, 4.69) is 34.5 Å². The third-order valence-electron chi connectivity index (χ3n) is 4.44. The number of carboxylic acid groups (broad SMARTS) is 1. The normalized spacial score (nSPS) is 15.0. The van der Waals surface area contributed by atoms with Crippen LogP contribution in [0.2, 0.25) is 0 Å². The largest absolute Gasteiger partial charge is 0.478 e. The maximum atomic E-state index is 11.0. The molecule has 5 nitrogen and oxygen atoms in total. The Balaban J connectivity index is 1.48. The van der Waals surface area contributed by atoms with Crippen LogP contribution in [0.25, 0.3) is 0 Å². The van der Waals surface area contributed by atoms with Gasteiger partial charge in [-0.25, -0.2) is 4.79 Å². The van der Waals surface area contributed by atoms with Gasteiger partial charge in [-0.1, -0.05) is 24.3 Å². The Labute approximate surface area is 148 Å². The van der Waals surface area contributed by atoms with Crippen molar-refractivity contribution >= 4 is 11.7 Å². The third-order valence-corrected chi connectivity index (χ3v) is 4.44. The first-order chi connectivity index (χ1) is 12.2. The van der Waals surface area contributed by atoms with E-state index >= 15 is 0 Å². The fraction of sp³-hybridized carbons (Fsp3) is 0.350. The Morgan fingerprint density at radius 2 is 1.84 bits per heavy atom. The summed E-state index contributed by atoms with van der Waals surface area (Å²) in [6, 6.07) is 15.5. The van der Waals surface area contributed by atoms with Gasteiger partial charge in [-0.3, -0.25) is 4.90 Å². The Bertz CT molecular complexity index is 694. The number of anilines is 1. The minimum Gasteiger partial charge on any atom is -0.478 e. The molecule has 132 valence electrons. The zero-order chi connectivity index (χ0) is 17.5. The second kappa shape index (κ2) is 8.65. The number of benzene rings is 2. The molecule has 0 radical (unpaired) electrons. The average molecular weight is 340 g/mol. The van der Waals surface area contributed by atoms with Crippen LogP contribution in [-0.4, -0.2) is 48.8 Å². The van der Waals surface area contributed by atoms with E-state index in [9.17, 15) is 4.79 Å². The first kappa shape index (κ1) is 17.5. The van der Waals surface area contributed by atoms with Crippen molar-refractivity contribution in [1.29, 1.82) is 0 Å². The fourth-order valence-electron chi connectivity index (χ4n) is 2.92. The van der Waals surface area contributed by atoms with Crippen molar-refractivity contribution in [3.63, 3.8) is 0 Å². The number of carbonyl (C=O) groups is 1. The standard InChI is InChI=1S/C20H24N2O3/c23-20(24)18-3-1-2-17(14-18)15-21-19-6-4-16(5-7-19)8-9-22-10-12-25-13-11-22/h1-7,14,21H,8-13,15H2,(H,23,24). The quantitative estimate of drug-likeness (QED) is 0.811. The topological polar surface area (TPSA) is 61.8 Å². The van der Waals surface area contributed by atoms with Gasteiger partial charge in [0.1, 0.15) is 0 Å². The monoisotopic (exact) mass is 340 g/mol. The lowest BCUT2D eigenvalue weighted by atomic mass is 10.1. The number of ether oxygens (including phenoxy) is 1. The number of morpholine rings is 1. The van der Waals surface area contributed by atoms with Crippen LogP contribution >= 0.6 is 0 Å². The molecule has 0 spiro atoms. The Morgan fingerprint density at radius 3 is 2.56 bits per heavy atom. The van der Waals surface area contributed by atoms with Crippen LogP contribution in [0, 0.1) is 0 Å². The molecular weight excluding hydrogens is 316 g/mol. The van der Waals surface area contributed by atoms with E-state index in [-0.39, 0.29) is 0 Å². The maximum absolute atomic E-state index is 11.0. The molecule has 0 atom stereocenters. The molecule has 0 bridgehead atoms. The lowest BCUT2D eigenvalue weighted by Gasteiger charge is -2.26. The second-order valence-electron chi connectivity index (χ2n) is 6.26. The molecular formula is C20H24N2O3. The zero-order valence-electron chi connectivity index (χ0n) is 14.3. The predicted molar refractivity (Wildman–Crippen MR) is 98.1 cm³/mol. The molecule has 2 aromatic carbocycles. The van der Waals surface area contributed by atoms with Crippen molar-refractivity contribution < 1.29 is 14.6 Å². The Hall–Kier alpha value is -2.37. The molecule has 2 N–H and O–H groups in total. The molecule has 1 saturated heterocycles. The molecule has 25 heavy (non-hydrogen) atoms. The summed E-state index contributed by atoms with van der Waals surface area (Å²) < 4.78 is 5.37. The minimum atomic E-state index is -0.897. The summed E-state index contributed by atoms with van der Waals surface area (Å²) in [5.41, 5.74) is 3.63. The molecule has 1 aliphatic heterocycles. The van der Waals surface area contributed by atoms with Crippen LogP contribution in [0.1, 0.15) is 21.5 Å². The molecule has 1 fully saturated rings. The highest BCUT2D eigenvalue weighted by molar-refractivity contribution is 5.87. The summed E-state index contributed by atoms with van der Waals surface area (Å²) in [4.78, 5) is 13.4. The van der Waals surface area contributed by atoms with E-state index in [1.54, 1.807) is 18.2 Å². The molecule has 1 heterocycles. The zero-order valence-corrected chi connectivity index (χ0v) is 14.3. The number of hydrogen-bond donors (Lipinski definition) is 2. The second-order valence-corrected chi connectivity index (χ2v) is 6.26. The molecule has 1 aliphatic rings. The van der Waals surface area contributed by atoms with E-state index in [1.165, 1.54) is 5.56 Å². The maximum Gasteiger partial charge on any atom is 0.335 e.